The van der Waals surface area contributed by atoms with Crippen molar-refractivity contribution in [2.75, 3.05) is 13.2 Å². The van der Waals surface area contributed by atoms with Crippen LogP contribution in [0.15, 0.2) is 11.6 Å². The first-order chi connectivity index (χ1) is 6.22. The van der Waals surface area contributed by atoms with E-state index in [0.717, 1.165) is 31.2 Å². The molecule has 1 saturated heterocycles. The number of ether oxygens (including phenoxy) is 1. The Kier molecular flexibility index (Phi) is 4.42. The summed E-state index contributed by atoms with van der Waals surface area (Å²) in [5.41, 5.74) is 0.985. The molecule has 0 aromatic heterocycles. The van der Waals surface area contributed by atoms with E-state index in [2.05, 4.69) is 5.32 Å². The molecule has 3 heteroatoms. The number of nitrogens with one attached hydrogen (secondary N) is 1. The second kappa shape index (κ2) is 5.37. The average Bonchev–Trinajstić information content (AvgIpc) is 2.56. The Morgan fingerprint density at radius 1 is 1.77 bits per heavy atom. The minimum absolute atomic E-state index is 0.127. The van der Waals surface area contributed by atoms with Crippen molar-refractivity contribution in [3.8, 4) is 0 Å². The molecular formula is C10H18NO2. The molecule has 13 heavy (non-hydrogen) atoms. The molecule has 0 bridgehead atoms. The Balaban J connectivity index is 2.27. The van der Waals surface area contributed by atoms with Gasteiger partial charge in [0, 0.05) is 12.6 Å². The molecule has 2 N–H and O–H groups in total. The lowest BCUT2D eigenvalue weighted by Gasteiger charge is -2.15. The molecule has 1 rings (SSSR count). The maximum atomic E-state index is 8.81. The van der Waals surface area contributed by atoms with Gasteiger partial charge in [-0.05, 0) is 26.7 Å². The lowest BCUT2D eigenvalue weighted by molar-refractivity contribution is 0.169. The molecule has 1 fully saturated rings. The van der Waals surface area contributed by atoms with Gasteiger partial charge in [0.2, 0.25) is 0 Å². The van der Waals surface area contributed by atoms with Gasteiger partial charge >= 0.3 is 0 Å². The molecule has 1 atom stereocenters. The molecule has 1 aliphatic rings. The summed E-state index contributed by atoms with van der Waals surface area (Å²) in [5.74, 6) is 0. The largest absolute Gasteiger partial charge is 0.392 e. The van der Waals surface area contributed by atoms with E-state index in [-0.39, 0.29) is 12.6 Å². The zero-order valence-electron chi connectivity index (χ0n) is 8.34. The highest BCUT2D eigenvalue weighted by molar-refractivity contribution is 5.04. The van der Waals surface area contributed by atoms with Crippen LogP contribution in [0.5, 0.6) is 0 Å². The smallest absolute Gasteiger partial charge is 0.162 e. The highest BCUT2D eigenvalue weighted by atomic mass is 16.5. The lowest BCUT2D eigenvalue weighted by atomic mass is 10.2. The van der Waals surface area contributed by atoms with Crippen LogP contribution in [0.3, 0.4) is 0 Å². The summed E-state index contributed by atoms with van der Waals surface area (Å²) in [6, 6.07) is 0.236. The molecule has 0 aromatic rings. The van der Waals surface area contributed by atoms with Gasteiger partial charge in [-0.1, -0.05) is 11.6 Å². The predicted octanol–water partition coefficient (Wildman–Crippen LogP) is 1.20. The van der Waals surface area contributed by atoms with Crippen LogP contribution in [0, 0.1) is 6.23 Å². The van der Waals surface area contributed by atoms with Gasteiger partial charge in [-0.2, -0.15) is 0 Å². The fourth-order valence-corrected chi connectivity index (χ4v) is 1.39. The summed E-state index contributed by atoms with van der Waals surface area (Å²) in [6.07, 6.45) is 5.11. The van der Waals surface area contributed by atoms with Crippen molar-refractivity contribution in [1.29, 1.82) is 0 Å². The highest BCUT2D eigenvalue weighted by Gasteiger charge is 2.17. The average molecular weight is 184 g/mol. The Morgan fingerprint density at radius 2 is 2.54 bits per heavy atom. The topological polar surface area (TPSA) is 41.5 Å². The van der Waals surface area contributed by atoms with E-state index in [9.17, 15) is 0 Å². The zero-order chi connectivity index (χ0) is 9.68. The molecule has 1 radical (unpaired) electrons. The fraction of sp³-hybridized carbons (Fsp3) is 0.700. The third-order valence-corrected chi connectivity index (χ3v) is 2.00. The number of rotatable bonds is 4. The van der Waals surface area contributed by atoms with Crippen LogP contribution in [0.4, 0.5) is 0 Å². The molecule has 0 amide bonds. The van der Waals surface area contributed by atoms with Crippen molar-refractivity contribution >= 4 is 0 Å². The summed E-state index contributed by atoms with van der Waals surface area (Å²) in [4.78, 5) is 0. The van der Waals surface area contributed by atoms with Gasteiger partial charge in [0.05, 0.1) is 6.61 Å². The first-order valence-corrected chi connectivity index (χ1v) is 4.75. The molecule has 3 nitrogen and oxygen atoms in total. The summed E-state index contributed by atoms with van der Waals surface area (Å²) in [7, 11) is 0. The van der Waals surface area contributed by atoms with Gasteiger partial charge in [0.15, 0.2) is 6.23 Å². The van der Waals surface area contributed by atoms with E-state index in [0.29, 0.717) is 0 Å². The van der Waals surface area contributed by atoms with Gasteiger partial charge in [-0.15, -0.1) is 0 Å². The number of hydrogen-bond donors (Lipinski definition) is 2. The summed E-state index contributed by atoms with van der Waals surface area (Å²) >= 11 is 0. The maximum absolute atomic E-state index is 8.81. The van der Waals surface area contributed by atoms with Crippen LogP contribution in [0.25, 0.3) is 0 Å². The van der Waals surface area contributed by atoms with Crippen LogP contribution in [-0.2, 0) is 4.74 Å². The first-order valence-electron chi connectivity index (χ1n) is 4.75. The molecular weight excluding hydrogens is 166 g/mol. The SMILES string of the molecule is C/C(=C\C(C)N[C]1CCCO1)CO. The Bertz CT molecular complexity index is 174. The van der Waals surface area contributed by atoms with E-state index in [1.807, 2.05) is 19.9 Å². The number of hydrogen-bond acceptors (Lipinski definition) is 3. The maximum Gasteiger partial charge on any atom is 0.162 e. The van der Waals surface area contributed by atoms with E-state index < -0.39 is 0 Å². The highest BCUT2D eigenvalue weighted by Crippen LogP contribution is 2.16. The van der Waals surface area contributed by atoms with Crippen molar-refractivity contribution in [3.63, 3.8) is 0 Å². The van der Waals surface area contributed by atoms with Gasteiger partial charge in [0.1, 0.15) is 0 Å². The molecule has 0 saturated carbocycles. The van der Waals surface area contributed by atoms with Gasteiger partial charge in [0.25, 0.3) is 0 Å². The third kappa shape index (κ3) is 3.89. The fourth-order valence-electron chi connectivity index (χ4n) is 1.39. The minimum Gasteiger partial charge on any atom is -0.392 e. The van der Waals surface area contributed by atoms with Gasteiger partial charge in [-0.3, -0.25) is 5.32 Å². The minimum atomic E-state index is 0.127. The predicted molar refractivity (Wildman–Crippen MR) is 51.9 cm³/mol. The molecule has 1 unspecified atom stereocenters. The quantitative estimate of drug-likeness (QED) is 0.645. The summed E-state index contributed by atoms with van der Waals surface area (Å²) in [6.45, 7) is 4.92. The van der Waals surface area contributed by atoms with Crippen molar-refractivity contribution in [2.24, 2.45) is 0 Å². The first kappa shape index (κ1) is 10.7. The second-order valence-corrected chi connectivity index (χ2v) is 3.48. The molecule has 1 heterocycles. The third-order valence-electron chi connectivity index (χ3n) is 2.00. The van der Waals surface area contributed by atoms with E-state index in [1.54, 1.807) is 0 Å². The summed E-state index contributed by atoms with van der Waals surface area (Å²) in [5, 5.41) is 12.1. The van der Waals surface area contributed by atoms with E-state index in [4.69, 9.17) is 9.84 Å². The van der Waals surface area contributed by atoms with Crippen LogP contribution in [0.1, 0.15) is 26.7 Å². The standard InChI is InChI=1S/C10H18NO2/c1-8(7-12)6-9(2)11-10-4-3-5-13-10/h6,9,11-12H,3-5,7H2,1-2H3/b8-6+. The van der Waals surface area contributed by atoms with Crippen molar-refractivity contribution in [3.05, 3.63) is 17.9 Å². The molecule has 0 aliphatic carbocycles. The van der Waals surface area contributed by atoms with Crippen LogP contribution in [-0.4, -0.2) is 24.4 Å². The zero-order valence-corrected chi connectivity index (χ0v) is 8.34. The second-order valence-electron chi connectivity index (χ2n) is 3.48. The number of aliphatic hydroxyl groups excluding tert-OH is 1. The normalized spacial score (nSPS) is 22.2. The van der Waals surface area contributed by atoms with Crippen LogP contribution in [0.2, 0.25) is 0 Å². The molecule has 1 aliphatic heterocycles. The van der Waals surface area contributed by atoms with Crippen LogP contribution < -0.4 is 5.32 Å². The van der Waals surface area contributed by atoms with Gasteiger partial charge < -0.3 is 9.84 Å². The molecule has 75 valence electrons. The van der Waals surface area contributed by atoms with Crippen molar-refractivity contribution < 1.29 is 9.84 Å². The Morgan fingerprint density at radius 3 is 3.08 bits per heavy atom. The molecule has 0 aromatic carbocycles. The Hall–Kier alpha value is -0.380. The lowest BCUT2D eigenvalue weighted by Crippen LogP contribution is -2.28. The van der Waals surface area contributed by atoms with Crippen molar-refractivity contribution in [1.82, 2.24) is 5.32 Å². The van der Waals surface area contributed by atoms with E-state index in [1.165, 1.54) is 0 Å². The summed E-state index contributed by atoms with van der Waals surface area (Å²) < 4.78 is 5.35. The van der Waals surface area contributed by atoms with Crippen molar-refractivity contribution in [2.45, 2.75) is 32.7 Å². The van der Waals surface area contributed by atoms with Crippen LogP contribution >= 0.6 is 0 Å². The van der Waals surface area contributed by atoms with E-state index >= 15 is 0 Å². The number of aliphatic hydroxyl groups is 1. The van der Waals surface area contributed by atoms with Gasteiger partial charge in [-0.25, -0.2) is 0 Å². The molecule has 0 spiro atoms. The Labute approximate surface area is 79.8 Å². The monoisotopic (exact) mass is 184 g/mol.